The maximum Gasteiger partial charge on any atom is 0.302 e. The molecule has 0 fully saturated rings. The summed E-state index contributed by atoms with van der Waals surface area (Å²) in [6.07, 6.45) is 14.0. The minimum Gasteiger partial charge on any atom is -0.466 e. The third-order valence-corrected chi connectivity index (χ3v) is 11.0. The lowest BCUT2D eigenvalue weighted by Gasteiger charge is -2.17. The Bertz CT molecular complexity index is 1760. The molecule has 10 nitrogen and oxygen atoms in total. The zero-order chi connectivity index (χ0) is 67.8. The molecule has 0 atom stereocenters. The quantitative estimate of drug-likeness (QED) is 0.0405. The van der Waals surface area contributed by atoms with Gasteiger partial charge in [0.15, 0.2) is 0 Å². The van der Waals surface area contributed by atoms with Gasteiger partial charge in [-0.2, -0.15) is 0 Å². The largest absolute Gasteiger partial charge is 0.466 e. The van der Waals surface area contributed by atoms with Crippen LogP contribution < -0.4 is 0 Å². The molecule has 3 aromatic carbocycles. The summed E-state index contributed by atoms with van der Waals surface area (Å²) >= 11 is 0. The highest BCUT2D eigenvalue weighted by atomic mass is 28.3. The first-order valence-electron chi connectivity index (χ1n) is 31.3. The number of ether oxygens (including phenoxy) is 4. The Morgan fingerprint density at radius 3 is 1.08 bits per heavy atom. The lowest BCUT2D eigenvalue weighted by molar-refractivity contribution is -0.143. The number of carbonyl (C=O) groups excluding carboxylic acids is 5. The summed E-state index contributed by atoms with van der Waals surface area (Å²) in [5.41, 5.74) is 4.73. The monoisotopic (exact) mass is 1200 g/mol. The van der Waals surface area contributed by atoms with Crippen LogP contribution >= 0.6 is 0 Å². The van der Waals surface area contributed by atoms with Gasteiger partial charge in [-0.05, 0) is 91.9 Å². The summed E-state index contributed by atoms with van der Waals surface area (Å²) in [6, 6.07) is 29.5. The van der Waals surface area contributed by atoms with E-state index in [1.807, 2.05) is 108 Å². The van der Waals surface area contributed by atoms with Gasteiger partial charge in [0.25, 0.3) is 0 Å². The van der Waals surface area contributed by atoms with E-state index in [1.54, 1.807) is 0 Å². The second-order valence-electron chi connectivity index (χ2n) is 21.6. The van der Waals surface area contributed by atoms with E-state index in [1.165, 1.54) is 90.5 Å². The smallest absolute Gasteiger partial charge is 0.302 e. The summed E-state index contributed by atoms with van der Waals surface area (Å²) < 4.78 is 18.7. The number of ketones is 1. The maximum absolute atomic E-state index is 10.4. The van der Waals surface area contributed by atoms with Gasteiger partial charge in [-0.1, -0.05) is 280 Å². The van der Waals surface area contributed by atoms with Crippen LogP contribution in [-0.4, -0.2) is 62.7 Å². The number of rotatable bonds is 19. The summed E-state index contributed by atoms with van der Waals surface area (Å²) in [5.74, 6) is 2.28. The number of aryl methyl sites for hydroxylation is 2. The average Bonchev–Trinajstić information content (AvgIpc) is 3.44. The highest BCUT2D eigenvalue weighted by Crippen LogP contribution is 2.15. The predicted octanol–water partition coefficient (Wildman–Crippen LogP) is 21.1. The fourth-order valence-electron chi connectivity index (χ4n) is 5.11. The highest BCUT2D eigenvalue weighted by molar-refractivity contribution is 6.76. The van der Waals surface area contributed by atoms with Crippen molar-refractivity contribution in [3.05, 3.63) is 132 Å². The molecule has 0 spiro atoms. The first-order chi connectivity index (χ1) is 39.4. The molecule has 3 rings (SSSR count). The number of Topliss-reactive ketones (excluding diaryl/α,β-unsaturated/α-hetero) is 1. The van der Waals surface area contributed by atoms with Crippen molar-refractivity contribution in [3.8, 4) is 0 Å². The fraction of sp³-hybridized carbons (Fsp3) is 0.630. The number of aliphatic hydroxyl groups is 1. The molecule has 3 aromatic rings. The molecule has 0 bridgehead atoms. The molecule has 0 unspecified atom stereocenters. The lowest BCUT2D eigenvalue weighted by atomic mass is 10.1. The van der Waals surface area contributed by atoms with Crippen molar-refractivity contribution >= 4 is 37.7 Å². The second kappa shape index (κ2) is 82.1. The minimum atomic E-state index is -0.720. The van der Waals surface area contributed by atoms with Gasteiger partial charge in [-0.3, -0.25) is 19.2 Å². The zero-order valence-corrected chi connectivity index (χ0v) is 60.7. The van der Waals surface area contributed by atoms with Crippen LogP contribution in [0.15, 0.2) is 110 Å². The number of carbonyl (C=O) groups is 5. The molecule has 0 heterocycles. The van der Waals surface area contributed by atoms with Gasteiger partial charge in [0.1, 0.15) is 19.0 Å². The molecule has 0 saturated carbocycles. The Labute approximate surface area is 522 Å². The molecule has 492 valence electrons. The maximum atomic E-state index is 10.4. The number of esters is 4. The number of hydrogen-bond acceptors (Lipinski definition) is 10. The van der Waals surface area contributed by atoms with E-state index >= 15 is 0 Å². The normalized spacial score (nSPS) is 9.00. The first-order valence-corrected chi connectivity index (χ1v) is 35.1. The SMILES string of the molecule is C=CCCC.C=CCOC(C)=O.CC.CC.CC(=O)OCC(C)C.CC(=O)OCCCCC(C)C.CC(=O)OCc1ccccc1.CC(C)=O.CC(C)C[Si](C)(C)C.CCC.CCC(C)C.CCc1ccc(CO)cc1.CCc1ccccc1. The summed E-state index contributed by atoms with van der Waals surface area (Å²) in [4.78, 5) is 50.2. The summed E-state index contributed by atoms with van der Waals surface area (Å²) in [5, 5.41) is 8.70. The number of aliphatic hydroxyl groups excluding tert-OH is 1. The molecule has 1 N–H and O–H groups in total. The molecule has 0 aliphatic carbocycles. The number of hydrogen-bond donors (Lipinski definition) is 1. The van der Waals surface area contributed by atoms with Crippen molar-refractivity contribution in [2.24, 2.45) is 23.7 Å². The van der Waals surface area contributed by atoms with Crippen LogP contribution in [0.4, 0.5) is 0 Å². The highest BCUT2D eigenvalue weighted by Gasteiger charge is 2.13. The van der Waals surface area contributed by atoms with E-state index in [2.05, 4.69) is 150 Å². The molecule has 0 radical (unpaired) electrons. The van der Waals surface area contributed by atoms with E-state index < -0.39 is 8.07 Å². The second-order valence-corrected chi connectivity index (χ2v) is 27.1. The lowest BCUT2D eigenvalue weighted by Crippen LogP contribution is -2.21. The van der Waals surface area contributed by atoms with Crippen LogP contribution in [0.25, 0.3) is 0 Å². The molecule has 0 amide bonds. The molecule has 0 aliphatic heterocycles. The van der Waals surface area contributed by atoms with Gasteiger partial charge in [-0.25, -0.2) is 0 Å². The predicted molar refractivity (Wildman–Crippen MR) is 371 cm³/mol. The summed E-state index contributed by atoms with van der Waals surface area (Å²) in [6.45, 7) is 63.1. The van der Waals surface area contributed by atoms with Crippen molar-refractivity contribution in [2.45, 2.75) is 263 Å². The fourth-order valence-corrected chi connectivity index (χ4v) is 7.56. The number of allylic oxidation sites excluding steroid dienone is 1. The van der Waals surface area contributed by atoms with Crippen molar-refractivity contribution in [1.82, 2.24) is 0 Å². The van der Waals surface area contributed by atoms with Gasteiger partial charge < -0.3 is 28.8 Å². The molecular weight excluding hydrogens is 1060 g/mol. The van der Waals surface area contributed by atoms with Crippen molar-refractivity contribution < 1.29 is 48.0 Å². The van der Waals surface area contributed by atoms with Crippen molar-refractivity contribution in [2.75, 3.05) is 19.8 Å². The van der Waals surface area contributed by atoms with Crippen LogP contribution in [0.3, 0.4) is 0 Å². The molecule has 11 heteroatoms. The van der Waals surface area contributed by atoms with Gasteiger partial charge in [-0.15, -0.1) is 6.58 Å². The average molecular weight is 1200 g/mol. The standard InChI is InChI=1S/C9H10O2.C9H18O2.C9H12O.C8H10.C7H18Si.C6H12O2.C5H8O2.C5H12.C5H10.C3H6O.C3H8.2C2H6/c1-8(10)11-7-9-5-3-2-4-6-9;1-8(2)6-4-5-7-11-9(3)10;1-2-8-3-5-9(7-10)6-4-8;1-2-8-6-4-3-5-7-8;1-7(2)6-8(3,4)5;1-5(2)4-8-6(3)7;1-3-4-7-5(2)6;1-4-5(2)3;1-3-5-4-2;1-3(2)4;1-3-2;2*1-2/h2-6H,7H2,1H3;8H,4-7H2,1-3H3;3-6,10H,2,7H2,1H3;3-7H,2H2,1H3;7H,6H2,1-5H3;5H,4H2,1-3H3;3H,1,4H2,2H3;5H,4H2,1-3H3;3H,1,4-5H2,2H3;1-2H3;3H2,1-2H3;2*1-2H3. The van der Waals surface area contributed by atoms with E-state index in [4.69, 9.17) is 14.6 Å². The van der Waals surface area contributed by atoms with Gasteiger partial charge in [0.05, 0.1) is 19.8 Å². The van der Waals surface area contributed by atoms with E-state index in [-0.39, 0.29) is 36.3 Å². The molecule has 0 aromatic heterocycles. The first kappa shape index (κ1) is 101. The third kappa shape index (κ3) is 132. The molecule has 84 heavy (non-hydrogen) atoms. The van der Waals surface area contributed by atoms with Crippen LogP contribution in [-0.2, 0) is 69.0 Å². The Kier molecular flexibility index (Phi) is 98.5. The van der Waals surface area contributed by atoms with E-state index in [9.17, 15) is 24.0 Å². The van der Waals surface area contributed by atoms with E-state index in [0.29, 0.717) is 32.3 Å². The van der Waals surface area contributed by atoms with E-state index in [0.717, 1.165) is 61.0 Å². The molecule has 0 saturated heterocycles. The van der Waals surface area contributed by atoms with Crippen LogP contribution in [0.5, 0.6) is 0 Å². The molecular formula is C73H136O10Si. The third-order valence-electron chi connectivity index (χ3n) is 8.99. The Morgan fingerprint density at radius 2 is 0.869 bits per heavy atom. The van der Waals surface area contributed by atoms with Gasteiger partial charge in [0.2, 0.25) is 0 Å². The van der Waals surface area contributed by atoms with Gasteiger partial charge >= 0.3 is 23.9 Å². The van der Waals surface area contributed by atoms with Crippen LogP contribution in [0.1, 0.15) is 233 Å². The van der Waals surface area contributed by atoms with Gasteiger partial charge in [0, 0.05) is 35.8 Å². The Morgan fingerprint density at radius 1 is 0.500 bits per heavy atom. The Hall–Kier alpha value is -5.13. The number of benzene rings is 3. The minimum absolute atomic E-state index is 0.143. The van der Waals surface area contributed by atoms with Crippen molar-refractivity contribution in [3.63, 3.8) is 0 Å². The van der Waals surface area contributed by atoms with Crippen LogP contribution in [0.2, 0.25) is 25.7 Å². The summed E-state index contributed by atoms with van der Waals surface area (Å²) in [7, 11) is -0.720. The zero-order valence-electron chi connectivity index (χ0n) is 59.7. The Balaban J connectivity index is -0.0000000905. The van der Waals surface area contributed by atoms with Crippen LogP contribution in [0, 0.1) is 23.7 Å². The molecule has 0 aliphatic rings. The van der Waals surface area contributed by atoms with Crippen molar-refractivity contribution in [1.29, 1.82) is 0 Å². The topological polar surface area (TPSA) is 143 Å². The number of unbranched alkanes of at least 4 members (excludes halogenated alkanes) is 2.